The smallest absolute Gasteiger partial charge is 0.407 e. The van der Waals surface area contributed by atoms with Gasteiger partial charge in [-0.05, 0) is 70.2 Å². The number of rotatable bonds is 5. The minimum absolute atomic E-state index is 0.202. The number of amides is 1. The van der Waals surface area contributed by atoms with E-state index in [1.807, 2.05) is 32.9 Å². The molecule has 0 aromatic heterocycles. The molecule has 1 N–H and O–H groups in total. The van der Waals surface area contributed by atoms with Crippen LogP contribution in [0.5, 0.6) is 0 Å². The van der Waals surface area contributed by atoms with Crippen molar-refractivity contribution in [1.29, 1.82) is 0 Å². The lowest BCUT2D eigenvalue weighted by atomic mass is 9.97. The van der Waals surface area contributed by atoms with Crippen LogP contribution in [-0.2, 0) is 4.74 Å². The molecule has 0 aliphatic carbocycles. The summed E-state index contributed by atoms with van der Waals surface area (Å²) in [6, 6.07) is 6.08. The van der Waals surface area contributed by atoms with Gasteiger partial charge in [-0.15, -0.1) is 0 Å². The van der Waals surface area contributed by atoms with Gasteiger partial charge in [-0.3, -0.25) is 0 Å². The van der Waals surface area contributed by atoms with Gasteiger partial charge in [0.2, 0.25) is 0 Å². The van der Waals surface area contributed by atoms with Gasteiger partial charge in [-0.25, -0.2) is 4.79 Å². The van der Waals surface area contributed by atoms with Gasteiger partial charge >= 0.3 is 6.09 Å². The van der Waals surface area contributed by atoms with E-state index >= 15 is 0 Å². The van der Waals surface area contributed by atoms with E-state index in [1.54, 1.807) is 0 Å². The number of nitrogens with one attached hydrogen (secondary N) is 1. The quantitative estimate of drug-likeness (QED) is 0.711. The normalized spacial score (nSPS) is 17.8. The predicted molar refractivity (Wildman–Crippen MR) is 108 cm³/mol. The zero-order valence-electron chi connectivity index (χ0n) is 16.1. The number of carbonyl (C=O) groups is 1. The number of halogens is 2. The van der Waals surface area contributed by atoms with E-state index in [4.69, 9.17) is 27.9 Å². The average Bonchev–Trinajstić information content (AvgIpc) is 2.54. The van der Waals surface area contributed by atoms with E-state index in [-0.39, 0.29) is 12.1 Å². The van der Waals surface area contributed by atoms with Crippen LogP contribution in [0.25, 0.3) is 0 Å². The third kappa shape index (κ3) is 6.98. The summed E-state index contributed by atoms with van der Waals surface area (Å²) >= 11 is 12.1. The van der Waals surface area contributed by atoms with Gasteiger partial charge in [0.1, 0.15) is 5.60 Å². The number of hydrogen-bond donors (Lipinski definition) is 1. The van der Waals surface area contributed by atoms with Crippen LogP contribution in [0.1, 0.15) is 58.4 Å². The minimum Gasteiger partial charge on any atom is -0.444 e. The van der Waals surface area contributed by atoms with Crippen LogP contribution in [0.2, 0.25) is 10.0 Å². The van der Waals surface area contributed by atoms with Gasteiger partial charge < -0.3 is 15.0 Å². The van der Waals surface area contributed by atoms with Gasteiger partial charge in [-0.1, -0.05) is 36.2 Å². The van der Waals surface area contributed by atoms with Crippen LogP contribution >= 0.6 is 23.2 Å². The van der Waals surface area contributed by atoms with Crippen LogP contribution in [0.15, 0.2) is 18.2 Å². The molecule has 0 bridgehead atoms. The maximum atomic E-state index is 11.9. The first-order valence-electron chi connectivity index (χ1n) is 9.31. The van der Waals surface area contributed by atoms with E-state index in [0.717, 1.165) is 38.9 Å². The molecule has 1 fully saturated rings. The molecule has 1 aromatic carbocycles. The first-order valence-corrected chi connectivity index (χ1v) is 10.1. The largest absolute Gasteiger partial charge is 0.444 e. The summed E-state index contributed by atoms with van der Waals surface area (Å²) in [6.07, 6.45) is 2.67. The first kappa shape index (κ1) is 21.3. The fourth-order valence-electron chi connectivity index (χ4n) is 3.14. The molecule has 6 heteroatoms. The number of likely N-dealkylation sites (tertiary alicyclic amines) is 1. The van der Waals surface area contributed by atoms with Gasteiger partial charge in [0.15, 0.2) is 0 Å². The van der Waals surface area contributed by atoms with Crippen molar-refractivity contribution in [3.63, 3.8) is 0 Å². The predicted octanol–water partition coefficient (Wildman–Crippen LogP) is 5.48. The summed E-state index contributed by atoms with van der Waals surface area (Å²) in [5, 5.41) is 4.20. The zero-order chi connectivity index (χ0) is 19.3. The molecule has 1 aliphatic heterocycles. The molecule has 1 atom stereocenters. The van der Waals surface area contributed by atoms with Crippen molar-refractivity contribution in [3.05, 3.63) is 33.8 Å². The molecular weight excluding hydrogens is 371 g/mol. The monoisotopic (exact) mass is 400 g/mol. The Morgan fingerprint density at radius 3 is 2.50 bits per heavy atom. The highest BCUT2D eigenvalue weighted by molar-refractivity contribution is 6.42. The number of nitrogens with zero attached hydrogens (tertiary/aromatic N) is 1. The Morgan fingerprint density at radius 1 is 1.27 bits per heavy atom. The van der Waals surface area contributed by atoms with Gasteiger partial charge in [-0.2, -0.15) is 0 Å². The number of piperidine rings is 1. The fourth-order valence-corrected chi connectivity index (χ4v) is 3.44. The summed E-state index contributed by atoms with van der Waals surface area (Å²) in [6.45, 7) is 10.9. The van der Waals surface area contributed by atoms with Crippen LogP contribution in [0.4, 0.5) is 4.79 Å². The van der Waals surface area contributed by atoms with Crippen molar-refractivity contribution >= 4 is 29.3 Å². The van der Waals surface area contributed by atoms with Crippen LogP contribution in [0.3, 0.4) is 0 Å². The maximum absolute atomic E-state index is 11.9. The summed E-state index contributed by atoms with van der Waals surface area (Å²) in [5.41, 5.74) is 0.770. The van der Waals surface area contributed by atoms with Gasteiger partial charge in [0, 0.05) is 19.1 Å². The second kappa shape index (κ2) is 9.29. The second-order valence-electron chi connectivity index (χ2n) is 8.13. The van der Waals surface area contributed by atoms with E-state index in [0.29, 0.717) is 16.0 Å². The van der Waals surface area contributed by atoms with Crippen molar-refractivity contribution < 1.29 is 9.53 Å². The molecule has 146 valence electrons. The lowest BCUT2D eigenvalue weighted by Gasteiger charge is -2.33. The van der Waals surface area contributed by atoms with E-state index in [1.165, 1.54) is 5.56 Å². The summed E-state index contributed by atoms with van der Waals surface area (Å²) in [5.74, 6) is 0.433. The summed E-state index contributed by atoms with van der Waals surface area (Å²) in [7, 11) is 0. The second-order valence-corrected chi connectivity index (χ2v) is 8.94. The number of hydrogen-bond acceptors (Lipinski definition) is 3. The highest BCUT2D eigenvalue weighted by Crippen LogP contribution is 2.28. The Balaban J connectivity index is 1.71. The zero-order valence-corrected chi connectivity index (χ0v) is 17.7. The number of alkyl carbamates (subject to hydrolysis) is 1. The van der Waals surface area contributed by atoms with Crippen molar-refractivity contribution in [2.45, 2.75) is 64.5 Å². The molecule has 1 aliphatic rings. The lowest BCUT2D eigenvalue weighted by Crippen LogP contribution is -2.46. The molecule has 26 heavy (non-hydrogen) atoms. The van der Waals surface area contributed by atoms with Gasteiger partial charge in [0.25, 0.3) is 0 Å². The Bertz CT molecular complexity index is 608. The Hall–Kier alpha value is -0.970. The lowest BCUT2D eigenvalue weighted by molar-refractivity contribution is 0.0478. The standard InChI is InChI=1S/C20H30Cl2N2O2/c1-14(15-5-6-17(21)18(22)13-15)7-10-24-11-8-16(9-12-24)23-19(25)26-20(2,3)4/h5-6,13-14,16H,7-12H2,1-4H3,(H,23,25). The Labute approximate surface area is 167 Å². The van der Waals surface area contributed by atoms with Crippen molar-refractivity contribution in [3.8, 4) is 0 Å². The maximum Gasteiger partial charge on any atom is 0.407 e. The number of carbonyl (C=O) groups excluding carboxylic acids is 1. The number of ether oxygens (including phenoxy) is 1. The Morgan fingerprint density at radius 2 is 1.92 bits per heavy atom. The molecular formula is C20H30Cl2N2O2. The highest BCUT2D eigenvalue weighted by Gasteiger charge is 2.23. The van der Waals surface area contributed by atoms with E-state index < -0.39 is 5.60 Å². The molecule has 0 saturated carbocycles. The number of benzene rings is 1. The molecule has 1 saturated heterocycles. The van der Waals surface area contributed by atoms with E-state index in [9.17, 15) is 4.79 Å². The summed E-state index contributed by atoms with van der Waals surface area (Å²) < 4.78 is 5.33. The molecule has 1 aromatic rings. The minimum atomic E-state index is -0.453. The topological polar surface area (TPSA) is 41.6 Å². The third-order valence-corrected chi connectivity index (χ3v) is 5.44. The van der Waals surface area contributed by atoms with Crippen molar-refractivity contribution in [1.82, 2.24) is 10.2 Å². The SMILES string of the molecule is CC(CCN1CCC(NC(=O)OC(C)(C)C)CC1)c1ccc(Cl)c(Cl)c1. The molecule has 0 spiro atoms. The van der Waals surface area contributed by atoms with Crippen LogP contribution in [-0.4, -0.2) is 42.3 Å². The van der Waals surface area contributed by atoms with Gasteiger partial charge in [0.05, 0.1) is 10.0 Å². The fraction of sp³-hybridized carbons (Fsp3) is 0.650. The van der Waals surface area contributed by atoms with E-state index in [2.05, 4.69) is 23.2 Å². The van der Waals surface area contributed by atoms with Crippen molar-refractivity contribution in [2.24, 2.45) is 0 Å². The van der Waals surface area contributed by atoms with Crippen LogP contribution in [0, 0.1) is 0 Å². The molecule has 4 nitrogen and oxygen atoms in total. The molecule has 2 rings (SSSR count). The van der Waals surface area contributed by atoms with Crippen LogP contribution < -0.4 is 5.32 Å². The third-order valence-electron chi connectivity index (χ3n) is 4.70. The molecule has 0 radical (unpaired) electrons. The highest BCUT2D eigenvalue weighted by atomic mass is 35.5. The Kier molecular flexibility index (Phi) is 7.63. The molecule has 1 amide bonds. The summed E-state index contributed by atoms with van der Waals surface area (Å²) in [4.78, 5) is 14.3. The van der Waals surface area contributed by atoms with Crippen molar-refractivity contribution in [2.75, 3.05) is 19.6 Å². The molecule has 1 heterocycles. The first-order chi connectivity index (χ1) is 12.1. The average molecular weight is 401 g/mol. The molecule has 1 unspecified atom stereocenters.